The molecule has 1 aromatic rings. The molecule has 0 unspecified atom stereocenters. The van der Waals surface area contributed by atoms with Gasteiger partial charge in [0.05, 0.1) is 6.54 Å². The van der Waals surface area contributed by atoms with Gasteiger partial charge in [0.2, 0.25) is 0 Å². The minimum atomic E-state index is -0.839. The Labute approximate surface area is 136 Å². The maximum Gasteiger partial charge on any atom is 0.317 e. The predicted molar refractivity (Wildman–Crippen MR) is 83.7 cm³/mol. The van der Waals surface area contributed by atoms with Crippen molar-refractivity contribution in [3.8, 4) is 0 Å². The molecule has 114 valence electrons. The fraction of sp³-hybridized carbons (Fsp3) is 0.429. The predicted octanol–water partition coefficient (Wildman–Crippen LogP) is 2.33. The minimum absolute atomic E-state index is 0.0186. The van der Waals surface area contributed by atoms with E-state index in [0.29, 0.717) is 36.8 Å². The normalized spacial score (nSPS) is 16.6. The zero-order chi connectivity index (χ0) is 15.4. The number of hydrogen-bond acceptors (Lipinski definition) is 3. The highest BCUT2D eigenvalue weighted by molar-refractivity contribution is 9.10. The van der Waals surface area contributed by atoms with E-state index < -0.39 is 5.97 Å². The third-order valence-electron chi connectivity index (χ3n) is 3.34. The summed E-state index contributed by atoms with van der Waals surface area (Å²) in [5.41, 5.74) is 0.543. The molecule has 0 aromatic heterocycles. The molecule has 1 aliphatic rings. The van der Waals surface area contributed by atoms with Crippen LogP contribution in [-0.2, 0) is 4.79 Å². The zero-order valence-corrected chi connectivity index (χ0v) is 13.7. The second-order valence-corrected chi connectivity index (χ2v) is 6.33. The van der Waals surface area contributed by atoms with Crippen LogP contribution < -0.4 is 0 Å². The van der Waals surface area contributed by atoms with Gasteiger partial charge in [0, 0.05) is 41.2 Å². The van der Waals surface area contributed by atoms with E-state index in [-0.39, 0.29) is 12.5 Å². The molecule has 0 atom stereocenters. The number of carboxylic acids is 1. The van der Waals surface area contributed by atoms with Crippen LogP contribution in [0.15, 0.2) is 22.7 Å². The third kappa shape index (κ3) is 4.69. The maximum atomic E-state index is 12.5. The van der Waals surface area contributed by atoms with Crippen LogP contribution in [0.4, 0.5) is 0 Å². The lowest BCUT2D eigenvalue weighted by atomic mass is 10.2. The number of aliphatic carboxylic acids is 1. The molecule has 1 aromatic carbocycles. The van der Waals surface area contributed by atoms with Crippen molar-refractivity contribution in [3.05, 3.63) is 33.3 Å². The summed E-state index contributed by atoms with van der Waals surface area (Å²) >= 11 is 9.30. The molecule has 1 N–H and O–H groups in total. The van der Waals surface area contributed by atoms with E-state index in [9.17, 15) is 9.59 Å². The van der Waals surface area contributed by atoms with Crippen molar-refractivity contribution in [1.82, 2.24) is 9.80 Å². The number of nitrogens with zero attached hydrogens (tertiary/aromatic N) is 2. The molecule has 1 fully saturated rings. The van der Waals surface area contributed by atoms with E-state index in [1.165, 1.54) is 0 Å². The first-order chi connectivity index (χ1) is 9.95. The third-order valence-corrected chi connectivity index (χ3v) is 4.02. The summed E-state index contributed by atoms with van der Waals surface area (Å²) in [4.78, 5) is 26.8. The molecule has 0 spiro atoms. The van der Waals surface area contributed by atoms with Gasteiger partial charge in [-0.3, -0.25) is 14.5 Å². The van der Waals surface area contributed by atoms with E-state index in [4.69, 9.17) is 16.7 Å². The Balaban J connectivity index is 2.04. The van der Waals surface area contributed by atoms with Gasteiger partial charge in [-0.25, -0.2) is 0 Å². The largest absolute Gasteiger partial charge is 0.480 e. The van der Waals surface area contributed by atoms with Gasteiger partial charge < -0.3 is 10.0 Å². The first-order valence-electron chi connectivity index (χ1n) is 6.65. The summed E-state index contributed by atoms with van der Waals surface area (Å²) < 4.78 is 0.765. The fourth-order valence-electron chi connectivity index (χ4n) is 2.38. The molecule has 5 nitrogen and oxygen atoms in total. The van der Waals surface area contributed by atoms with Crippen molar-refractivity contribution < 1.29 is 14.7 Å². The summed E-state index contributed by atoms with van der Waals surface area (Å²) in [5, 5.41) is 9.34. The number of carbonyl (C=O) groups excluding carboxylic acids is 1. The molecule has 0 saturated carbocycles. The Kier molecular flexibility index (Phi) is 5.61. The first kappa shape index (κ1) is 16.3. The van der Waals surface area contributed by atoms with E-state index in [0.717, 1.165) is 10.9 Å². The average molecular weight is 376 g/mol. The standard InChI is InChI=1S/C14H16BrClN2O3/c15-11-6-10(7-12(16)8-11)14(21)18-3-1-2-17(4-5-18)9-13(19)20/h6-8H,1-5,9H2,(H,19,20). The summed E-state index contributed by atoms with van der Waals surface area (Å²) in [6.07, 6.45) is 0.765. The van der Waals surface area contributed by atoms with Gasteiger partial charge in [-0.1, -0.05) is 27.5 Å². The van der Waals surface area contributed by atoms with Crippen LogP contribution >= 0.6 is 27.5 Å². The molecule has 1 aliphatic heterocycles. The van der Waals surface area contributed by atoms with Gasteiger partial charge in [0.15, 0.2) is 0 Å². The van der Waals surface area contributed by atoms with Crippen LogP contribution in [0.2, 0.25) is 5.02 Å². The molecular weight excluding hydrogens is 360 g/mol. The molecule has 0 aliphatic carbocycles. The van der Waals surface area contributed by atoms with Gasteiger partial charge in [0.1, 0.15) is 0 Å². The molecule has 2 rings (SSSR count). The Morgan fingerprint density at radius 3 is 2.62 bits per heavy atom. The monoisotopic (exact) mass is 374 g/mol. The lowest BCUT2D eigenvalue weighted by Crippen LogP contribution is -2.36. The van der Waals surface area contributed by atoms with E-state index in [1.54, 1.807) is 23.1 Å². The first-order valence-corrected chi connectivity index (χ1v) is 7.82. The van der Waals surface area contributed by atoms with Gasteiger partial charge >= 0.3 is 5.97 Å². The molecule has 21 heavy (non-hydrogen) atoms. The zero-order valence-electron chi connectivity index (χ0n) is 11.4. The summed E-state index contributed by atoms with van der Waals surface area (Å²) in [7, 11) is 0. The molecular formula is C14H16BrClN2O3. The summed E-state index contributed by atoms with van der Waals surface area (Å²) in [5.74, 6) is -0.913. The lowest BCUT2D eigenvalue weighted by Gasteiger charge is -2.21. The van der Waals surface area contributed by atoms with Crippen molar-refractivity contribution >= 4 is 39.4 Å². The highest BCUT2D eigenvalue weighted by Crippen LogP contribution is 2.21. The van der Waals surface area contributed by atoms with Gasteiger partial charge in [-0.2, -0.15) is 0 Å². The van der Waals surface area contributed by atoms with Crippen LogP contribution in [-0.4, -0.2) is 59.5 Å². The van der Waals surface area contributed by atoms with Crippen molar-refractivity contribution in [1.29, 1.82) is 0 Å². The molecule has 1 amide bonds. The fourth-order valence-corrected chi connectivity index (χ4v) is 3.24. The van der Waals surface area contributed by atoms with E-state index in [2.05, 4.69) is 15.9 Å². The van der Waals surface area contributed by atoms with Crippen LogP contribution in [0.5, 0.6) is 0 Å². The second kappa shape index (κ2) is 7.24. The quantitative estimate of drug-likeness (QED) is 0.881. The lowest BCUT2D eigenvalue weighted by molar-refractivity contribution is -0.138. The van der Waals surface area contributed by atoms with E-state index >= 15 is 0 Å². The average Bonchev–Trinajstić information content (AvgIpc) is 2.61. The van der Waals surface area contributed by atoms with Crippen molar-refractivity contribution in [2.75, 3.05) is 32.7 Å². The number of rotatable bonds is 3. The highest BCUT2D eigenvalue weighted by Gasteiger charge is 2.21. The SMILES string of the molecule is O=C(O)CN1CCCN(C(=O)c2cc(Cl)cc(Br)c2)CC1. The summed E-state index contributed by atoms with van der Waals surface area (Å²) in [6, 6.07) is 5.12. The van der Waals surface area contributed by atoms with Crippen molar-refractivity contribution in [2.24, 2.45) is 0 Å². The van der Waals surface area contributed by atoms with Crippen LogP contribution in [0, 0.1) is 0 Å². The molecule has 0 bridgehead atoms. The Morgan fingerprint density at radius 2 is 1.95 bits per heavy atom. The van der Waals surface area contributed by atoms with Crippen LogP contribution in [0.25, 0.3) is 0 Å². The van der Waals surface area contributed by atoms with Gasteiger partial charge in [-0.15, -0.1) is 0 Å². The smallest absolute Gasteiger partial charge is 0.317 e. The number of halogens is 2. The number of amides is 1. The van der Waals surface area contributed by atoms with Crippen molar-refractivity contribution in [3.63, 3.8) is 0 Å². The number of hydrogen-bond donors (Lipinski definition) is 1. The molecule has 0 radical (unpaired) electrons. The highest BCUT2D eigenvalue weighted by atomic mass is 79.9. The molecule has 1 saturated heterocycles. The minimum Gasteiger partial charge on any atom is -0.480 e. The van der Waals surface area contributed by atoms with Gasteiger partial charge in [0.25, 0.3) is 5.91 Å². The Hall–Kier alpha value is -1.11. The molecule has 7 heteroatoms. The van der Waals surface area contributed by atoms with Crippen LogP contribution in [0.3, 0.4) is 0 Å². The topological polar surface area (TPSA) is 60.9 Å². The number of carboxylic acid groups (broad SMARTS) is 1. The maximum absolute atomic E-state index is 12.5. The van der Waals surface area contributed by atoms with Gasteiger partial charge in [-0.05, 0) is 24.6 Å². The summed E-state index contributed by atoms with van der Waals surface area (Å²) in [6.45, 7) is 2.43. The Bertz CT molecular complexity index is 533. The number of benzene rings is 1. The number of carbonyl (C=O) groups is 2. The van der Waals surface area contributed by atoms with E-state index in [1.807, 2.05) is 4.90 Å². The van der Waals surface area contributed by atoms with Crippen LogP contribution in [0.1, 0.15) is 16.8 Å². The van der Waals surface area contributed by atoms with Crippen molar-refractivity contribution in [2.45, 2.75) is 6.42 Å². The second-order valence-electron chi connectivity index (χ2n) is 4.97. The molecule has 1 heterocycles. The Morgan fingerprint density at radius 1 is 1.19 bits per heavy atom.